The van der Waals surface area contributed by atoms with Crippen molar-refractivity contribution in [2.75, 3.05) is 0 Å². The summed E-state index contributed by atoms with van der Waals surface area (Å²) < 4.78 is 33.2. The van der Waals surface area contributed by atoms with Gasteiger partial charge in [-0.1, -0.05) is 17.7 Å². The van der Waals surface area contributed by atoms with Gasteiger partial charge in [0.15, 0.2) is 0 Å². The Bertz CT molecular complexity index is 771. The van der Waals surface area contributed by atoms with Gasteiger partial charge >= 0.3 is 0 Å². The smallest absolute Gasteiger partial charge is 0.273 e. The first-order valence-corrected chi connectivity index (χ1v) is 6.89. The molecule has 0 unspecified atom stereocenters. The van der Waals surface area contributed by atoms with E-state index in [1.165, 1.54) is 10.6 Å². The molecular formula is C16H14ClF2NO2. The summed E-state index contributed by atoms with van der Waals surface area (Å²) in [6, 6.07) is 4.78. The summed E-state index contributed by atoms with van der Waals surface area (Å²) in [7, 11) is 0. The fourth-order valence-corrected chi connectivity index (χ4v) is 2.18. The lowest BCUT2D eigenvalue weighted by Gasteiger charge is -2.13. The predicted octanol–water partition coefficient (Wildman–Crippen LogP) is 3.85. The minimum absolute atomic E-state index is 0.0880. The average Bonchev–Trinajstić information content (AvgIpc) is 2.47. The van der Waals surface area contributed by atoms with Crippen molar-refractivity contribution >= 4 is 11.6 Å². The van der Waals surface area contributed by atoms with E-state index in [1.807, 2.05) is 0 Å². The van der Waals surface area contributed by atoms with Crippen LogP contribution in [0.4, 0.5) is 8.78 Å². The van der Waals surface area contributed by atoms with Gasteiger partial charge in [-0.05, 0) is 19.1 Å². The monoisotopic (exact) mass is 325 g/mol. The van der Waals surface area contributed by atoms with Gasteiger partial charge in [0.05, 0.1) is 0 Å². The predicted molar refractivity (Wildman–Crippen MR) is 81.3 cm³/mol. The van der Waals surface area contributed by atoms with E-state index in [0.717, 1.165) is 12.1 Å². The first-order chi connectivity index (χ1) is 10.4. The molecule has 0 atom stereocenters. The Kier molecular flexibility index (Phi) is 4.98. The number of hydrogen-bond donors (Lipinski definition) is 0. The summed E-state index contributed by atoms with van der Waals surface area (Å²) in [6.07, 6.45) is 1.58. The number of halogens is 3. The quantitative estimate of drug-likeness (QED) is 0.782. The highest BCUT2D eigenvalue weighted by molar-refractivity contribution is 6.31. The zero-order valence-corrected chi connectivity index (χ0v) is 12.7. The lowest BCUT2D eigenvalue weighted by atomic mass is 10.2. The molecule has 22 heavy (non-hydrogen) atoms. The van der Waals surface area contributed by atoms with E-state index < -0.39 is 17.2 Å². The molecule has 0 spiro atoms. The molecule has 2 aromatic rings. The Morgan fingerprint density at radius 3 is 2.73 bits per heavy atom. The summed E-state index contributed by atoms with van der Waals surface area (Å²) in [5, 5.41) is -0.0880. The van der Waals surface area contributed by atoms with E-state index in [9.17, 15) is 13.6 Å². The second-order valence-electron chi connectivity index (χ2n) is 4.69. The number of ether oxygens (including phenoxy) is 1. The largest absolute Gasteiger partial charge is 0.487 e. The van der Waals surface area contributed by atoms with Crippen molar-refractivity contribution in [1.82, 2.24) is 4.57 Å². The average molecular weight is 326 g/mol. The van der Waals surface area contributed by atoms with Crippen LogP contribution in [0.5, 0.6) is 5.75 Å². The van der Waals surface area contributed by atoms with Crippen LogP contribution >= 0.6 is 11.6 Å². The molecule has 0 amide bonds. The van der Waals surface area contributed by atoms with Crippen LogP contribution in [0.1, 0.15) is 11.3 Å². The third-order valence-electron chi connectivity index (χ3n) is 3.12. The van der Waals surface area contributed by atoms with E-state index in [0.29, 0.717) is 12.2 Å². The van der Waals surface area contributed by atoms with Crippen molar-refractivity contribution in [2.24, 2.45) is 0 Å². The zero-order chi connectivity index (χ0) is 16.3. The summed E-state index contributed by atoms with van der Waals surface area (Å²) in [5.74, 6) is -1.22. The van der Waals surface area contributed by atoms with E-state index in [1.54, 1.807) is 19.1 Å². The van der Waals surface area contributed by atoms with Gasteiger partial charge in [0, 0.05) is 29.9 Å². The Balaban J connectivity index is 2.27. The lowest BCUT2D eigenvalue weighted by Crippen LogP contribution is -2.22. The third-order valence-corrected chi connectivity index (χ3v) is 3.47. The molecule has 0 N–H and O–H groups in total. The standard InChI is InChI=1S/C16H14ClF2NO2/c1-3-6-20-10(2)7-14(15(17)16(20)21)22-9-11-4-5-12(18)8-13(11)19/h3-5,7-8H,1,6,9H2,2H3. The Hall–Kier alpha value is -2.14. The molecule has 0 radical (unpaired) electrons. The molecule has 0 saturated carbocycles. The highest BCUT2D eigenvalue weighted by Crippen LogP contribution is 2.23. The van der Waals surface area contributed by atoms with Gasteiger partial charge in [-0.3, -0.25) is 4.79 Å². The molecule has 0 bridgehead atoms. The van der Waals surface area contributed by atoms with Gasteiger partial charge in [0.25, 0.3) is 5.56 Å². The summed E-state index contributed by atoms with van der Waals surface area (Å²) in [4.78, 5) is 12.1. The number of allylic oxidation sites excluding steroid dienone is 1. The fourth-order valence-electron chi connectivity index (χ4n) is 1.97. The van der Waals surface area contributed by atoms with E-state index in [4.69, 9.17) is 16.3 Å². The fraction of sp³-hybridized carbons (Fsp3) is 0.188. The normalized spacial score (nSPS) is 10.5. The molecule has 0 aliphatic heterocycles. The SMILES string of the molecule is C=CCn1c(C)cc(OCc2ccc(F)cc2F)c(Cl)c1=O. The number of hydrogen-bond acceptors (Lipinski definition) is 2. The molecule has 1 aromatic carbocycles. The number of benzene rings is 1. The molecule has 0 aliphatic carbocycles. The highest BCUT2D eigenvalue weighted by atomic mass is 35.5. The molecule has 1 heterocycles. The van der Waals surface area contributed by atoms with Crippen LogP contribution in [0.3, 0.4) is 0 Å². The summed E-state index contributed by atoms with van der Waals surface area (Å²) in [5.41, 5.74) is 0.408. The molecule has 1 aromatic heterocycles. The molecule has 0 fully saturated rings. The van der Waals surface area contributed by atoms with E-state index >= 15 is 0 Å². The first kappa shape index (κ1) is 16.2. The number of pyridine rings is 1. The number of rotatable bonds is 5. The third kappa shape index (κ3) is 3.36. The van der Waals surface area contributed by atoms with Gasteiger partial charge in [-0.25, -0.2) is 8.78 Å². The van der Waals surface area contributed by atoms with Gasteiger partial charge < -0.3 is 9.30 Å². The Morgan fingerprint density at radius 1 is 1.36 bits per heavy atom. The minimum Gasteiger partial charge on any atom is -0.487 e. The van der Waals surface area contributed by atoms with Crippen molar-refractivity contribution in [3.05, 3.63) is 75.2 Å². The Labute approximate surface area is 131 Å². The Morgan fingerprint density at radius 2 is 2.09 bits per heavy atom. The van der Waals surface area contributed by atoms with Gasteiger partial charge in [-0.15, -0.1) is 6.58 Å². The van der Waals surface area contributed by atoms with Crippen molar-refractivity contribution in [2.45, 2.75) is 20.1 Å². The van der Waals surface area contributed by atoms with Crippen LogP contribution in [0, 0.1) is 18.6 Å². The zero-order valence-electron chi connectivity index (χ0n) is 11.9. The van der Waals surface area contributed by atoms with Crippen molar-refractivity contribution in [1.29, 1.82) is 0 Å². The van der Waals surface area contributed by atoms with Crippen LogP contribution in [0.2, 0.25) is 5.02 Å². The second-order valence-corrected chi connectivity index (χ2v) is 5.07. The van der Waals surface area contributed by atoms with Gasteiger partial charge in [0.2, 0.25) is 0 Å². The number of aryl methyl sites for hydroxylation is 1. The summed E-state index contributed by atoms with van der Waals surface area (Å²) >= 11 is 5.99. The second kappa shape index (κ2) is 6.75. The highest BCUT2D eigenvalue weighted by Gasteiger charge is 2.13. The van der Waals surface area contributed by atoms with Crippen LogP contribution in [0.25, 0.3) is 0 Å². The van der Waals surface area contributed by atoms with E-state index in [2.05, 4.69) is 6.58 Å². The molecular weight excluding hydrogens is 312 g/mol. The maximum atomic E-state index is 13.5. The van der Waals surface area contributed by atoms with Crippen LogP contribution in [-0.2, 0) is 13.2 Å². The van der Waals surface area contributed by atoms with Gasteiger partial charge in [-0.2, -0.15) is 0 Å². The van der Waals surface area contributed by atoms with E-state index in [-0.39, 0.29) is 22.9 Å². The topological polar surface area (TPSA) is 31.2 Å². The van der Waals surface area contributed by atoms with Crippen LogP contribution < -0.4 is 10.3 Å². The molecule has 6 heteroatoms. The van der Waals surface area contributed by atoms with Crippen molar-refractivity contribution in [3.63, 3.8) is 0 Å². The lowest BCUT2D eigenvalue weighted by molar-refractivity contribution is 0.298. The number of nitrogens with zero attached hydrogens (tertiary/aromatic N) is 1. The van der Waals surface area contributed by atoms with Crippen molar-refractivity contribution < 1.29 is 13.5 Å². The minimum atomic E-state index is -0.715. The molecule has 0 aliphatic rings. The van der Waals surface area contributed by atoms with Crippen molar-refractivity contribution in [3.8, 4) is 5.75 Å². The molecule has 2 rings (SSSR count). The first-order valence-electron chi connectivity index (χ1n) is 6.51. The van der Waals surface area contributed by atoms with Crippen LogP contribution in [-0.4, -0.2) is 4.57 Å². The maximum Gasteiger partial charge on any atom is 0.273 e. The number of aromatic nitrogens is 1. The summed E-state index contributed by atoms with van der Waals surface area (Å²) in [6.45, 7) is 5.48. The maximum absolute atomic E-state index is 13.5. The van der Waals surface area contributed by atoms with Gasteiger partial charge in [0.1, 0.15) is 29.0 Å². The molecule has 116 valence electrons. The molecule has 3 nitrogen and oxygen atoms in total. The van der Waals surface area contributed by atoms with Crippen LogP contribution in [0.15, 0.2) is 41.7 Å². The molecule has 0 saturated heterocycles.